The van der Waals surface area contributed by atoms with Crippen LogP contribution in [0.4, 0.5) is 13.2 Å². The van der Waals surface area contributed by atoms with Crippen LogP contribution in [0.2, 0.25) is 0 Å². The van der Waals surface area contributed by atoms with Gasteiger partial charge in [-0.2, -0.15) is 21.6 Å². The molecule has 0 radical (unpaired) electrons. The highest BCUT2D eigenvalue weighted by atomic mass is 32.2. The van der Waals surface area contributed by atoms with Crippen molar-refractivity contribution >= 4 is 20.2 Å². The van der Waals surface area contributed by atoms with E-state index >= 15 is 0 Å². The van der Waals surface area contributed by atoms with Gasteiger partial charge < -0.3 is 14.4 Å². The summed E-state index contributed by atoms with van der Waals surface area (Å²) in [5, 5.41) is 0. The van der Waals surface area contributed by atoms with Gasteiger partial charge in [0.05, 0.1) is 12.4 Å². The van der Waals surface area contributed by atoms with Crippen molar-refractivity contribution in [3.63, 3.8) is 0 Å². The first-order valence-corrected chi connectivity index (χ1v) is 8.84. The van der Waals surface area contributed by atoms with Gasteiger partial charge in [0, 0.05) is 26.0 Å². The summed E-state index contributed by atoms with van der Waals surface area (Å²) in [5.74, 6) is -0.138. The molecular formula is C9H16F3N2O6S2-. The summed E-state index contributed by atoms with van der Waals surface area (Å²) in [6, 6.07) is 0. The molecule has 1 rings (SSSR count). The van der Waals surface area contributed by atoms with E-state index in [2.05, 4.69) is 4.90 Å². The molecule has 0 unspecified atom stereocenters. The molecule has 132 valence electrons. The van der Waals surface area contributed by atoms with Gasteiger partial charge in [-0.1, -0.05) is 0 Å². The Morgan fingerprint density at radius 2 is 1.68 bits per heavy atom. The number of hydrogen-bond acceptors (Lipinski definition) is 7. The summed E-state index contributed by atoms with van der Waals surface area (Å²) in [7, 11) is -7.89. The first-order chi connectivity index (χ1) is 9.72. The van der Waals surface area contributed by atoms with Crippen molar-refractivity contribution in [2.45, 2.75) is 18.3 Å². The Hall–Kier alpha value is -1.05. The molecule has 1 N–H and O–H groups in total. The monoisotopic (exact) mass is 369 g/mol. The normalized spacial score (nSPS) is 15.7. The van der Waals surface area contributed by atoms with E-state index in [9.17, 15) is 21.6 Å². The van der Waals surface area contributed by atoms with E-state index in [0.29, 0.717) is 6.42 Å². The van der Waals surface area contributed by atoms with Gasteiger partial charge in [0.2, 0.25) is 0 Å². The molecule has 0 fully saturated rings. The minimum Gasteiger partial charge on any atom is -0.741 e. The molecule has 13 heteroatoms. The Bertz CT molecular complexity index is 573. The van der Waals surface area contributed by atoms with Crippen LogP contribution in [0.1, 0.15) is 12.8 Å². The number of hydrogen-bond donors (Lipinski definition) is 1. The highest BCUT2D eigenvalue weighted by Crippen LogP contribution is 2.20. The Kier molecular flexibility index (Phi) is 7.61. The minimum atomic E-state index is -6.09. The lowest BCUT2D eigenvalue weighted by Crippen LogP contribution is -2.23. The zero-order chi connectivity index (χ0) is 17.6. The molecule has 0 atom stereocenters. The van der Waals surface area contributed by atoms with Gasteiger partial charge in [-0.3, -0.25) is 4.55 Å². The van der Waals surface area contributed by atoms with Crippen LogP contribution in [-0.4, -0.2) is 67.3 Å². The van der Waals surface area contributed by atoms with Crippen molar-refractivity contribution in [2.24, 2.45) is 0 Å². The zero-order valence-electron chi connectivity index (χ0n) is 11.5. The van der Waals surface area contributed by atoms with Gasteiger partial charge >= 0.3 is 5.51 Å². The second-order valence-electron chi connectivity index (χ2n) is 4.40. The standard InChI is InChI=1S/C8H16N2O3S.CHF3O3S/c1-9-5-6-10(8-9)4-2-3-7-14(11,12)13;2-1(3,4)8(5,6)7/h5-6H,2-4,7-8H2,1H3,(H,11,12,13);(H,5,6,7)/p-1. The molecule has 0 amide bonds. The molecule has 22 heavy (non-hydrogen) atoms. The second kappa shape index (κ2) is 7.99. The summed E-state index contributed by atoms with van der Waals surface area (Å²) in [6.45, 7) is 1.68. The molecular weight excluding hydrogens is 353 g/mol. The SMILES string of the molecule is CN1C=CN(CCCCS(=O)(=O)O)C1.O=S(=O)([O-])C(F)(F)F. The Labute approximate surface area is 126 Å². The summed E-state index contributed by atoms with van der Waals surface area (Å²) < 4.78 is 88.2. The summed E-state index contributed by atoms with van der Waals surface area (Å²) in [4.78, 5) is 4.15. The average Bonchev–Trinajstić information content (AvgIpc) is 2.67. The lowest BCUT2D eigenvalue weighted by Gasteiger charge is -2.17. The smallest absolute Gasteiger partial charge is 0.485 e. The number of halogens is 3. The maximum absolute atomic E-state index is 10.7. The van der Waals surface area contributed by atoms with Gasteiger partial charge in [-0.15, -0.1) is 0 Å². The molecule has 0 aromatic heterocycles. The topological polar surface area (TPSA) is 118 Å². The fourth-order valence-corrected chi connectivity index (χ4v) is 1.90. The van der Waals surface area contributed by atoms with Crippen molar-refractivity contribution in [1.29, 1.82) is 0 Å². The maximum Gasteiger partial charge on any atom is 0.485 e. The zero-order valence-corrected chi connectivity index (χ0v) is 13.2. The van der Waals surface area contributed by atoms with Crippen molar-refractivity contribution in [3.8, 4) is 0 Å². The van der Waals surface area contributed by atoms with E-state index in [0.717, 1.165) is 19.6 Å². The number of rotatable bonds is 5. The fourth-order valence-electron chi connectivity index (χ4n) is 1.33. The van der Waals surface area contributed by atoms with E-state index in [1.54, 1.807) is 0 Å². The first-order valence-electron chi connectivity index (χ1n) is 5.82. The van der Waals surface area contributed by atoms with Gasteiger partial charge in [0.15, 0.2) is 10.1 Å². The summed E-state index contributed by atoms with van der Waals surface area (Å²) in [5.41, 5.74) is -5.65. The van der Waals surface area contributed by atoms with Crippen molar-refractivity contribution in [3.05, 3.63) is 12.4 Å². The quantitative estimate of drug-likeness (QED) is 0.420. The highest BCUT2D eigenvalue weighted by Gasteiger charge is 2.36. The van der Waals surface area contributed by atoms with Gasteiger partial charge in [-0.05, 0) is 12.8 Å². The van der Waals surface area contributed by atoms with Crippen LogP contribution in [0.5, 0.6) is 0 Å². The molecule has 0 aliphatic carbocycles. The van der Waals surface area contributed by atoms with E-state index in [1.165, 1.54) is 0 Å². The highest BCUT2D eigenvalue weighted by molar-refractivity contribution is 7.86. The van der Waals surface area contributed by atoms with Gasteiger partial charge in [0.1, 0.15) is 0 Å². The summed E-state index contributed by atoms with van der Waals surface area (Å²) >= 11 is 0. The van der Waals surface area contributed by atoms with Crippen LogP contribution >= 0.6 is 0 Å². The minimum absolute atomic E-state index is 0.138. The Balaban J connectivity index is 0.000000472. The fraction of sp³-hybridized carbons (Fsp3) is 0.778. The largest absolute Gasteiger partial charge is 0.741 e. The maximum atomic E-state index is 10.7. The molecule has 0 saturated carbocycles. The van der Waals surface area contributed by atoms with E-state index in [-0.39, 0.29) is 5.75 Å². The Morgan fingerprint density at radius 1 is 1.18 bits per heavy atom. The van der Waals surface area contributed by atoms with Crippen molar-refractivity contribution in [1.82, 2.24) is 9.80 Å². The van der Waals surface area contributed by atoms with E-state index in [4.69, 9.17) is 17.5 Å². The molecule has 8 nitrogen and oxygen atoms in total. The average molecular weight is 369 g/mol. The third-order valence-corrected chi connectivity index (χ3v) is 3.69. The lowest BCUT2D eigenvalue weighted by atomic mass is 10.3. The molecule has 1 aliphatic heterocycles. The van der Waals surface area contributed by atoms with Crippen LogP contribution in [0.25, 0.3) is 0 Å². The molecule has 1 aliphatic rings. The van der Waals surface area contributed by atoms with Crippen LogP contribution < -0.4 is 0 Å². The van der Waals surface area contributed by atoms with Crippen LogP contribution in [0, 0.1) is 0 Å². The van der Waals surface area contributed by atoms with Crippen molar-refractivity contribution in [2.75, 3.05) is 26.0 Å². The molecule has 0 aromatic carbocycles. The van der Waals surface area contributed by atoms with Gasteiger partial charge in [-0.25, -0.2) is 8.42 Å². The van der Waals surface area contributed by atoms with Crippen molar-refractivity contribution < 1.29 is 39.1 Å². The number of unbranched alkanes of at least 4 members (excludes halogenated alkanes) is 1. The third kappa shape index (κ3) is 9.81. The molecule has 0 spiro atoms. The first kappa shape index (κ1) is 20.9. The Morgan fingerprint density at radius 3 is 2.00 bits per heavy atom. The van der Waals surface area contributed by atoms with E-state index in [1.807, 2.05) is 24.3 Å². The number of nitrogens with zero attached hydrogens (tertiary/aromatic N) is 2. The predicted octanol–water partition coefficient (Wildman–Crippen LogP) is 0.382. The molecule has 0 aromatic rings. The van der Waals surface area contributed by atoms with E-state index < -0.39 is 25.7 Å². The predicted molar refractivity (Wildman–Crippen MR) is 69.9 cm³/mol. The van der Waals surface area contributed by atoms with Crippen LogP contribution in [0.3, 0.4) is 0 Å². The third-order valence-electron chi connectivity index (χ3n) is 2.32. The van der Waals surface area contributed by atoms with Crippen LogP contribution in [-0.2, 0) is 20.2 Å². The lowest BCUT2D eigenvalue weighted by molar-refractivity contribution is -0.0517. The molecule has 0 saturated heterocycles. The number of alkyl halides is 3. The van der Waals surface area contributed by atoms with Crippen LogP contribution in [0.15, 0.2) is 12.4 Å². The summed E-state index contributed by atoms with van der Waals surface area (Å²) in [6.07, 6.45) is 5.24. The molecule has 0 bridgehead atoms. The second-order valence-corrected chi connectivity index (χ2v) is 7.35. The van der Waals surface area contributed by atoms with Gasteiger partial charge in [0.25, 0.3) is 10.1 Å². The molecule has 1 heterocycles.